The molecule has 0 atom stereocenters. The zero-order valence-corrected chi connectivity index (χ0v) is 13.4. The van der Waals surface area contributed by atoms with E-state index in [4.69, 9.17) is 16.3 Å². The lowest BCUT2D eigenvalue weighted by atomic mass is 10.2. The Kier molecular flexibility index (Phi) is 4.66. The monoisotopic (exact) mass is 321 g/mol. The first kappa shape index (κ1) is 15.3. The van der Waals surface area contributed by atoms with Gasteiger partial charge >= 0.3 is 0 Å². The molecule has 0 aliphatic carbocycles. The number of ether oxygens (including phenoxy) is 1. The summed E-state index contributed by atoms with van der Waals surface area (Å²) >= 11 is 6.19. The number of rotatable bonds is 4. The van der Waals surface area contributed by atoms with Crippen LogP contribution in [0.5, 0.6) is 0 Å². The fourth-order valence-corrected chi connectivity index (χ4v) is 3.01. The molecule has 0 bridgehead atoms. The second kappa shape index (κ2) is 6.69. The molecule has 22 heavy (non-hydrogen) atoms. The molecule has 118 valence electrons. The van der Waals surface area contributed by atoms with E-state index in [2.05, 4.69) is 10.2 Å². The van der Waals surface area contributed by atoms with Crippen molar-refractivity contribution in [2.75, 3.05) is 39.4 Å². The molecule has 1 fully saturated rings. The molecule has 0 saturated carbocycles. The van der Waals surface area contributed by atoms with Crippen molar-refractivity contribution in [1.82, 2.24) is 14.8 Å². The molecule has 1 amide bonds. The second-order valence-electron chi connectivity index (χ2n) is 5.47. The molecule has 6 heteroatoms. The number of fused-ring (bicyclic) bond motifs is 1. The molecule has 1 aromatic heterocycles. The molecule has 1 aromatic carbocycles. The van der Waals surface area contributed by atoms with Gasteiger partial charge in [-0.1, -0.05) is 17.7 Å². The zero-order chi connectivity index (χ0) is 15.5. The minimum Gasteiger partial charge on any atom is -0.379 e. The molecule has 5 nitrogen and oxygen atoms in total. The molecule has 2 heterocycles. The Balaban J connectivity index is 1.64. The molecule has 1 aliphatic rings. The fourth-order valence-electron chi connectivity index (χ4n) is 2.79. The Morgan fingerprint density at radius 2 is 2.14 bits per heavy atom. The number of aromatic nitrogens is 1. The van der Waals surface area contributed by atoms with E-state index >= 15 is 0 Å². The van der Waals surface area contributed by atoms with E-state index < -0.39 is 0 Å². The van der Waals surface area contributed by atoms with E-state index in [9.17, 15) is 4.79 Å². The number of morpholine rings is 1. The predicted octanol–water partition coefficient (Wildman–Crippen LogP) is 1.89. The Hall–Kier alpha value is -1.56. The maximum absolute atomic E-state index is 12.4. The number of aryl methyl sites for hydroxylation is 1. The van der Waals surface area contributed by atoms with Crippen LogP contribution < -0.4 is 5.32 Å². The van der Waals surface area contributed by atoms with Crippen molar-refractivity contribution in [2.24, 2.45) is 7.05 Å². The Morgan fingerprint density at radius 1 is 1.36 bits per heavy atom. The normalized spacial score (nSPS) is 16.1. The highest BCUT2D eigenvalue weighted by atomic mass is 35.5. The summed E-state index contributed by atoms with van der Waals surface area (Å²) in [5, 5.41) is 4.56. The molecule has 1 N–H and O–H groups in total. The van der Waals surface area contributed by atoms with Crippen LogP contribution in [0.15, 0.2) is 24.3 Å². The summed E-state index contributed by atoms with van der Waals surface area (Å²) in [6.07, 6.45) is 0. The lowest BCUT2D eigenvalue weighted by Crippen LogP contribution is -2.41. The number of carbonyl (C=O) groups excluding carboxylic acids is 1. The van der Waals surface area contributed by atoms with Crippen LogP contribution in [0.25, 0.3) is 10.9 Å². The van der Waals surface area contributed by atoms with Crippen LogP contribution >= 0.6 is 11.6 Å². The van der Waals surface area contributed by atoms with Gasteiger partial charge in [0.05, 0.1) is 13.2 Å². The average molecular weight is 322 g/mol. The minimum atomic E-state index is -0.0666. The van der Waals surface area contributed by atoms with Crippen molar-refractivity contribution in [3.63, 3.8) is 0 Å². The first-order valence-corrected chi connectivity index (χ1v) is 7.87. The average Bonchev–Trinajstić information content (AvgIpc) is 2.87. The van der Waals surface area contributed by atoms with Gasteiger partial charge in [0, 0.05) is 49.2 Å². The van der Waals surface area contributed by atoms with E-state index in [1.807, 2.05) is 35.9 Å². The largest absolute Gasteiger partial charge is 0.379 e. The van der Waals surface area contributed by atoms with Crippen LogP contribution in [0.1, 0.15) is 10.5 Å². The molecule has 2 aromatic rings. The number of carbonyl (C=O) groups is 1. The zero-order valence-electron chi connectivity index (χ0n) is 12.6. The molecule has 0 spiro atoms. The highest BCUT2D eigenvalue weighted by molar-refractivity contribution is 6.35. The van der Waals surface area contributed by atoms with Gasteiger partial charge in [-0.15, -0.1) is 0 Å². The first-order chi connectivity index (χ1) is 10.7. The lowest BCUT2D eigenvalue weighted by molar-refractivity contribution is 0.0383. The van der Waals surface area contributed by atoms with E-state index in [0.29, 0.717) is 17.3 Å². The lowest BCUT2D eigenvalue weighted by Gasteiger charge is -2.26. The Labute approximate surface area is 134 Å². The van der Waals surface area contributed by atoms with Gasteiger partial charge in [0.25, 0.3) is 5.91 Å². The molecular weight excluding hydrogens is 302 g/mol. The number of hydrogen-bond donors (Lipinski definition) is 1. The molecule has 0 unspecified atom stereocenters. The first-order valence-electron chi connectivity index (χ1n) is 7.49. The smallest absolute Gasteiger partial charge is 0.267 e. The van der Waals surface area contributed by atoms with Crippen molar-refractivity contribution in [1.29, 1.82) is 0 Å². The van der Waals surface area contributed by atoms with Crippen LogP contribution in [-0.2, 0) is 11.8 Å². The molecule has 0 radical (unpaired) electrons. The molecule has 1 saturated heterocycles. The molecule has 3 rings (SSSR count). The number of nitrogens with one attached hydrogen (secondary N) is 1. The van der Waals surface area contributed by atoms with Crippen LogP contribution in [0.4, 0.5) is 0 Å². The van der Waals surface area contributed by atoms with Gasteiger partial charge in [0.15, 0.2) is 0 Å². The summed E-state index contributed by atoms with van der Waals surface area (Å²) in [5.74, 6) is -0.0666. The Bertz CT molecular complexity index is 677. The highest BCUT2D eigenvalue weighted by Crippen LogP contribution is 2.26. The Morgan fingerprint density at radius 3 is 2.86 bits per heavy atom. The topological polar surface area (TPSA) is 46.5 Å². The number of nitrogens with zero attached hydrogens (tertiary/aromatic N) is 2. The summed E-state index contributed by atoms with van der Waals surface area (Å²) in [7, 11) is 1.88. The highest BCUT2D eigenvalue weighted by Gasteiger charge is 2.15. The summed E-state index contributed by atoms with van der Waals surface area (Å²) in [6, 6.07) is 7.54. The summed E-state index contributed by atoms with van der Waals surface area (Å²) in [4.78, 5) is 14.7. The van der Waals surface area contributed by atoms with Crippen LogP contribution in [-0.4, -0.2) is 54.8 Å². The minimum absolute atomic E-state index is 0.0666. The maximum atomic E-state index is 12.4. The number of benzene rings is 1. The maximum Gasteiger partial charge on any atom is 0.267 e. The van der Waals surface area contributed by atoms with Crippen LogP contribution in [0, 0.1) is 0 Å². The SMILES string of the molecule is Cn1c(C(=O)NCCN2CCOCC2)cc2c(Cl)cccc21. The number of halogens is 1. The van der Waals surface area contributed by atoms with Gasteiger partial charge < -0.3 is 14.6 Å². The third-order valence-electron chi connectivity index (χ3n) is 4.08. The predicted molar refractivity (Wildman–Crippen MR) is 87.5 cm³/mol. The van der Waals surface area contributed by atoms with E-state index in [-0.39, 0.29) is 5.91 Å². The van der Waals surface area contributed by atoms with Crippen molar-refractivity contribution < 1.29 is 9.53 Å². The summed E-state index contributed by atoms with van der Waals surface area (Å²) < 4.78 is 7.19. The summed E-state index contributed by atoms with van der Waals surface area (Å²) in [5.41, 5.74) is 1.59. The molecule has 1 aliphatic heterocycles. The van der Waals surface area contributed by atoms with Gasteiger partial charge in [-0.3, -0.25) is 9.69 Å². The summed E-state index contributed by atoms with van der Waals surface area (Å²) in [6.45, 7) is 4.89. The van der Waals surface area contributed by atoms with Gasteiger partial charge in [0.2, 0.25) is 0 Å². The van der Waals surface area contributed by atoms with Gasteiger partial charge in [-0.2, -0.15) is 0 Å². The van der Waals surface area contributed by atoms with Gasteiger partial charge in [-0.05, 0) is 18.2 Å². The van der Waals surface area contributed by atoms with E-state index in [0.717, 1.165) is 43.8 Å². The third kappa shape index (κ3) is 3.11. The number of hydrogen-bond acceptors (Lipinski definition) is 3. The quantitative estimate of drug-likeness (QED) is 0.935. The van der Waals surface area contributed by atoms with Gasteiger partial charge in [-0.25, -0.2) is 0 Å². The van der Waals surface area contributed by atoms with Gasteiger partial charge in [0.1, 0.15) is 5.69 Å². The van der Waals surface area contributed by atoms with Crippen LogP contribution in [0.2, 0.25) is 5.02 Å². The number of amides is 1. The fraction of sp³-hybridized carbons (Fsp3) is 0.438. The van der Waals surface area contributed by atoms with Crippen molar-refractivity contribution in [3.05, 3.63) is 35.0 Å². The van der Waals surface area contributed by atoms with E-state index in [1.54, 1.807) is 0 Å². The third-order valence-corrected chi connectivity index (χ3v) is 4.41. The standard InChI is InChI=1S/C16H20ClN3O2/c1-19-14-4-2-3-13(17)12(14)11-15(19)16(21)18-5-6-20-7-9-22-10-8-20/h2-4,11H,5-10H2,1H3,(H,18,21). The van der Waals surface area contributed by atoms with Crippen molar-refractivity contribution in [2.45, 2.75) is 0 Å². The van der Waals surface area contributed by atoms with Crippen molar-refractivity contribution in [3.8, 4) is 0 Å². The second-order valence-corrected chi connectivity index (χ2v) is 5.88. The molecular formula is C16H20ClN3O2. The van der Waals surface area contributed by atoms with E-state index in [1.165, 1.54) is 0 Å². The van der Waals surface area contributed by atoms with Crippen LogP contribution in [0.3, 0.4) is 0 Å². The van der Waals surface area contributed by atoms with Crippen molar-refractivity contribution >= 4 is 28.4 Å².